The van der Waals surface area contributed by atoms with Crippen LogP contribution in [0.5, 0.6) is 0 Å². The van der Waals surface area contributed by atoms with Crippen LogP contribution in [0, 0.1) is 18.6 Å². The predicted octanol–water partition coefficient (Wildman–Crippen LogP) is 3.60. The van der Waals surface area contributed by atoms with E-state index in [0.29, 0.717) is 27.8 Å². The maximum Gasteiger partial charge on any atom is 0.270 e. The average Bonchev–Trinajstić information content (AvgIpc) is 2.63. The molecular formula is C21H23F2N3O3S. The minimum atomic E-state index is -4.53. The molecule has 9 heteroatoms. The first-order valence-corrected chi connectivity index (χ1v) is 10.3. The number of nitrogens with zero attached hydrogens (tertiary/aromatic N) is 2. The first-order valence-electron chi connectivity index (χ1n) is 8.88. The number of likely N-dealkylation sites (N-methyl/N-ethyl adjacent to an activating group) is 1. The highest BCUT2D eigenvalue weighted by molar-refractivity contribution is 7.89. The first kappa shape index (κ1) is 23.1. The van der Waals surface area contributed by atoms with Crippen molar-refractivity contribution < 1.29 is 22.0 Å². The highest BCUT2D eigenvalue weighted by atomic mass is 32.2. The first-order chi connectivity index (χ1) is 14.0. The van der Waals surface area contributed by atoms with Crippen molar-refractivity contribution in [2.45, 2.75) is 18.2 Å². The van der Waals surface area contributed by atoms with Crippen LogP contribution in [-0.4, -0.2) is 32.2 Å². The zero-order valence-electron chi connectivity index (χ0n) is 16.7. The summed E-state index contributed by atoms with van der Waals surface area (Å²) in [7, 11) is -2.95. The maximum atomic E-state index is 13.6. The monoisotopic (exact) mass is 435 g/mol. The van der Waals surface area contributed by atoms with Gasteiger partial charge in [0.1, 0.15) is 0 Å². The number of halogens is 2. The summed E-state index contributed by atoms with van der Waals surface area (Å²) >= 11 is 0. The lowest BCUT2D eigenvalue weighted by molar-refractivity contribution is -0.123. The van der Waals surface area contributed by atoms with Crippen LogP contribution in [-0.2, 0) is 14.8 Å². The number of hydrogen-bond acceptors (Lipinski definition) is 5. The summed E-state index contributed by atoms with van der Waals surface area (Å²) in [6.45, 7) is 8.68. The standard InChI is InChI=1S/C21H23F2N3O3S/c1-5-6-15(3)26(30(28,29)16-8-9-17(22)18(23)12-16)21(27)13-25(4)20-10-7-14(2)11-19(20)24/h5,7-12H,1,3,6,13,24H2,2,4H3. The van der Waals surface area contributed by atoms with E-state index in [4.69, 9.17) is 5.73 Å². The van der Waals surface area contributed by atoms with Crippen LogP contribution in [0.15, 0.2) is 66.2 Å². The van der Waals surface area contributed by atoms with Crippen LogP contribution in [0.4, 0.5) is 20.2 Å². The molecule has 0 aliphatic heterocycles. The highest BCUT2D eigenvalue weighted by Gasteiger charge is 2.32. The molecule has 30 heavy (non-hydrogen) atoms. The van der Waals surface area contributed by atoms with E-state index in [2.05, 4.69) is 13.2 Å². The van der Waals surface area contributed by atoms with Crippen LogP contribution >= 0.6 is 0 Å². The summed E-state index contributed by atoms with van der Waals surface area (Å²) in [5.74, 6) is -3.39. The quantitative estimate of drug-likeness (QED) is 0.506. The van der Waals surface area contributed by atoms with Crippen molar-refractivity contribution in [1.29, 1.82) is 0 Å². The molecule has 0 fully saturated rings. The minimum absolute atomic E-state index is 0.00890. The van der Waals surface area contributed by atoms with Gasteiger partial charge in [0.15, 0.2) is 11.6 Å². The van der Waals surface area contributed by atoms with Crippen molar-refractivity contribution in [2.75, 3.05) is 24.2 Å². The van der Waals surface area contributed by atoms with Gasteiger partial charge in [-0.2, -0.15) is 0 Å². The van der Waals surface area contributed by atoms with E-state index < -0.39 is 32.5 Å². The number of rotatable bonds is 8. The largest absolute Gasteiger partial charge is 0.397 e. The van der Waals surface area contributed by atoms with Crippen molar-refractivity contribution in [3.8, 4) is 0 Å². The Labute approximate surface area is 175 Å². The van der Waals surface area contributed by atoms with Crippen molar-refractivity contribution in [3.63, 3.8) is 0 Å². The van der Waals surface area contributed by atoms with Crippen molar-refractivity contribution in [2.24, 2.45) is 0 Å². The Bertz CT molecular complexity index is 1100. The molecule has 0 heterocycles. The molecule has 0 aromatic heterocycles. The number of amides is 1. The molecule has 160 valence electrons. The molecule has 0 saturated carbocycles. The number of sulfonamides is 1. The fourth-order valence-corrected chi connectivity index (χ4v) is 4.29. The lowest BCUT2D eigenvalue weighted by Gasteiger charge is -2.27. The maximum absolute atomic E-state index is 13.6. The molecule has 0 atom stereocenters. The third-order valence-electron chi connectivity index (χ3n) is 4.29. The van der Waals surface area contributed by atoms with E-state index >= 15 is 0 Å². The number of carbonyl (C=O) groups is 1. The van der Waals surface area contributed by atoms with E-state index in [0.717, 1.165) is 11.6 Å². The molecule has 0 aliphatic carbocycles. The lowest BCUT2D eigenvalue weighted by atomic mass is 10.2. The van der Waals surface area contributed by atoms with Crippen molar-refractivity contribution in [1.82, 2.24) is 4.31 Å². The van der Waals surface area contributed by atoms with Gasteiger partial charge in [-0.3, -0.25) is 4.79 Å². The minimum Gasteiger partial charge on any atom is -0.397 e. The summed E-state index contributed by atoms with van der Waals surface area (Å²) in [5.41, 5.74) is 7.80. The van der Waals surface area contributed by atoms with Gasteiger partial charge in [-0.25, -0.2) is 21.5 Å². The van der Waals surface area contributed by atoms with Gasteiger partial charge in [0.05, 0.1) is 22.8 Å². The third kappa shape index (κ3) is 4.85. The SMILES string of the molecule is C=CCC(=C)N(C(=O)CN(C)c1ccc(C)cc1N)S(=O)(=O)c1ccc(F)c(F)c1. The molecule has 0 aliphatic rings. The second kappa shape index (κ2) is 9.08. The number of allylic oxidation sites excluding steroid dienone is 1. The van der Waals surface area contributed by atoms with Crippen LogP contribution in [0.3, 0.4) is 0 Å². The molecule has 2 aromatic carbocycles. The summed E-state index contributed by atoms with van der Waals surface area (Å²) in [5, 5.41) is 0. The van der Waals surface area contributed by atoms with Crippen molar-refractivity contribution >= 4 is 27.3 Å². The zero-order valence-corrected chi connectivity index (χ0v) is 17.5. The van der Waals surface area contributed by atoms with Gasteiger partial charge in [-0.15, -0.1) is 6.58 Å². The smallest absolute Gasteiger partial charge is 0.270 e. The molecule has 1 amide bonds. The van der Waals surface area contributed by atoms with Gasteiger partial charge in [-0.1, -0.05) is 18.7 Å². The fourth-order valence-electron chi connectivity index (χ4n) is 2.85. The Morgan fingerprint density at radius 3 is 2.40 bits per heavy atom. The molecule has 0 spiro atoms. The molecule has 0 saturated heterocycles. The Balaban J connectivity index is 2.42. The number of carbonyl (C=O) groups excluding carboxylic acids is 1. The van der Waals surface area contributed by atoms with Gasteiger partial charge in [0.2, 0.25) is 0 Å². The van der Waals surface area contributed by atoms with Gasteiger partial charge < -0.3 is 10.6 Å². The summed E-state index contributed by atoms with van der Waals surface area (Å²) in [6, 6.07) is 7.33. The van der Waals surface area contributed by atoms with Crippen LogP contribution in [0.2, 0.25) is 0 Å². The number of nitrogen functional groups attached to an aromatic ring is 1. The number of aryl methyl sites for hydroxylation is 1. The fraction of sp³-hybridized carbons (Fsp3) is 0.190. The van der Waals surface area contributed by atoms with Gasteiger partial charge in [-0.05, 0) is 42.8 Å². The summed E-state index contributed by atoms with van der Waals surface area (Å²) < 4.78 is 53.5. The van der Waals surface area contributed by atoms with E-state index in [1.807, 2.05) is 6.92 Å². The van der Waals surface area contributed by atoms with E-state index in [9.17, 15) is 22.0 Å². The Hall–Kier alpha value is -3.20. The summed E-state index contributed by atoms with van der Waals surface area (Å²) in [4.78, 5) is 13.9. The molecule has 2 rings (SSSR count). The Morgan fingerprint density at radius 1 is 1.17 bits per heavy atom. The van der Waals surface area contributed by atoms with Gasteiger partial charge in [0, 0.05) is 19.2 Å². The van der Waals surface area contributed by atoms with Crippen molar-refractivity contribution in [3.05, 3.63) is 78.5 Å². The van der Waals surface area contributed by atoms with E-state index in [1.165, 1.54) is 11.0 Å². The number of nitrogens with two attached hydrogens (primary N) is 1. The Morgan fingerprint density at radius 2 is 1.83 bits per heavy atom. The molecule has 0 unspecified atom stereocenters. The normalized spacial score (nSPS) is 11.1. The topological polar surface area (TPSA) is 83.7 Å². The molecule has 0 radical (unpaired) electrons. The summed E-state index contributed by atoms with van der Waals surface area (Å²) in [6.07, 6.45) is 1.37. The molecule has 6 nitrogen and oxygen atoms in total. The Kier molecular flexibility index (Phi) is 6.99. The highest BCUT2D eigenvalue weighted by Crippen LogP contribution is 2.26. The molecule has 2 aromatic rings. The molecule has 0 bridgehead atoms. The van der Waals surface area contributed by atoms with E-state index in [1.54, 1.807) is 25.2 Å². The second-order valence-corrected chi connectivity index (χ2v) is 8.50. The number of anilines is 2. The van der Waals surface area contributed by atoms with Crippen LogP contribution in [0.1, 0.15) is 12.0 Å². The van der Waals surface area contributed by atoms with Gasteiger partial charge >= 0.3 is 0 Å². The predicted molar refractivity (Wildman–Crippen MR) is 113 cm³/mol. The lowest BCUT2D eigenvalue weighted by Crippen LogP contribution is -2.42. The molecule has 2 N–H and O–H groups in total. The third-order valence-corrected chi connectivity index (χ3v) is 6.08. The average molecular weight is 435 g/mol. The van der Waals surface area contributed by atoms with Crippen LogP contribution in [0.25, 0.3) is 0 Å². The second-order valence-electron chi connectivity index (χ2n) is 6.72. The van der Waals surface area contributed by atoms with E-state index in [-0.39, 0.29) is 18.7 Å². The van der Waals surface area contributed by atoms with Gasteiger partial charge in [0.25, 0.3) is 15.9 Å². The zero-order chi connectivity index (χ0) is 22.6. The molecular weight excluding hydrogens is 412 g/mol. The number of benzene rings is 2. The van der Waals surface area contributed by atoms with Crippen LogP contribution < -0.4 is 10.6 Å². The number of hydrogen-bond donors (Lipinski definition) is 1.